The number of hydrogen-bond donors (Lipinski definition) is 1. The Morgan fingerprint density at radius 2 is 1.71 bits per heavy atom. The maximum Gasteiger partial charge on any atom is 0.225 e. The molecule has 0 spiro atoms. The summed E-state index contributed by atoms with van der Waals surface area (Å²) < 4.78 is 5.52. The summed E-state index contributed by atoms with van der Waals surface area (Å²) in [7, 11) is 0. The average Bonchev–Trinajstić information content (AvgIpc) is 2.70. The highest BCUT2D eigenvalue weighted by atomic mass is 16.5. The lowest BCUT2D eigenvalue weighted by Gasteiger charge is -2.45. The first-order valence-electron chi connectivity index (χ1n) is 11.1. The summed E-state index contributed by atoms with van der Waals surface area (Å²) in [6, 6.07) is 8.72. The third-order valence-corrected chi connectivity index (χ3v) is 7.09. The van der Waals surface area contributed by atoms with Crippen LogP contribution < -0.4 is 10.5 Å². The molecule has 28 heavy (non-hydrogen) atoms. The van der Waals surface area contributed by atoms with Gasteiger partial charge in [0.05, 0.1) is 6.61 Å². The minimum atomic E-state index is 0.216. The van der Waals surface area contributed by atoms with Gasteiger partial charge in [0.15, 0.2) is 0 Å². The van der Waals surface area contributed by atoms with Crippen molar-refractivity contribution in [2.45, 2.75) is 51.6 Å². The van der Waals surface area contributed by atoms with Crippen molar-refractivity contribution in [1.29, 1.82) is 0 Å². The standard InChI is InChI=1S/C23H35N3O2/c1-2-28-21-8-6-17(7-9-21)16-25-10-12-26(13-11-25)23(27)20-14-18-4-3-5-19(15-20)22(18)24/h6-9,18-20,22H,2-5,10-16,24H2,1H3. The van der Waals surface area contributed by atoms with Crippen LogP contribution in [-0.2, 0) is 11.3 Å². The predicted molar refractivity (Wildman–Crippen MR) is 111 cm³/mol. The minimum Gasteiger partial charge on any atom is -0.494 e. The van der Waals surface area contributed by atoms with Gasteiger partial charge >= 0.3 is 0 Å². The highest BCUT2D eigenvalue weighted by molar-refractivity contribution is 5.79. The van der Waals surface area contributed by atoms with Crippen molar-refractivity contribution in [2.24, 2.45) is 23.5 Å². The molecule has 1 saturated heterocycles. The molecule has 1 heterocycles. The Labute approximate surface area is 169 Å². The van der Waals surface area contributed by atoms with Crippen LogP contribution in [0.1, 0.15) is 44.6 Å². The van der Waals surface area contributed by atoms with Gasteiger partial charge in [0.1, 0.15) is 5.75 Å². The molecule has 3 aliphatic rings. The second-order valence-electron chi connectivity index (χ2n) is 8.88. The lowest BCUT2D eigenvalue weighted by Crippen LogP contribution is -2.53. The molecule has 3 fully saturated rings. The van der Waals surface area contributed by atoms with E-state index in [-0.39, 0.29) is 5.92 Å². The van der Waals surface area contributed by atoms with Crippen molar-refractivity contribution in [3.05, 3.63) is 29.8 Å². The van der Waals surface area contributed by atoms with Crippen LogP contribution in [0.2, 0.25) is 0 Å². The predicted octanol–water partition coefficient (Wildman–Crippen LogP) is 2.88. The number of amides is 1. The Bertz CT molecular complexity index is 640. The molecule has 0 radical (unpaired) electrons. The summed E-state index contributed by atoms with van der Waals surface area (Å²) in [5, 5.41) is 0. The van der Waals surface area contributed by atoms with E-state index in [1.807, 2.05) is 19.1 Å². The van der Waals surface area contributed by atoms with Gasteiger partial charge in [-0.05, 0) is 62.1 Å². The summed E-state index contributed by atoms with van der Waals surface area (Å²) in [6.07, 6.45) is 5.77. The Morgan fingerprint density at radius 3 is 2.32 bits per heavy atom. The summed E-state index contributed by atoms with van der Waals surface area (Å²) in [5.41, 5.74) is 7.71. The number of hydrogen-bond acceptors (Lipinski definition) is 4. The van der Waals surface area contributed by atoms with Crippen LogP contribution in [-0.4, -0.2) is 54.5 Å². The fourth-order valence-corrected chi connectivity index (χ4v) is 5.49. The topological polar surface area (TPSA) is 58.8 Å². The van der Waals surface area contributed by atoms with Gasteiger partial charge in [-0.1, -0.05) is 18.6 Å². The number of nitrogens with two attached hydrogens (primary N) is 1. The summed E-state index contributed by atoms with van der Waals surface area (Å²) in [5.74, 6) is 2.68. The molecule has 2 aliphatic carbocycles. The second-order valence-corrected chi connectivity index (χ2v) is 8.88. The third-order valence-electron chi connectivity index (χ3n) is 7.09. The van der Waals surface area contributed by atoms with E-state index >= 15 is 0 Å². The first kappa shape index (κ1) is 19.7. The maximum atomic E-state index is 13.1. The van der Waals surface area contributed by atoms with Crippen LogP contribution >= 0.6 is 0 Å². The fourth-order valence-electron chi connectivity index (χ4n) is 5.49. The van der Waals surface area contributed by atoms with Crippen LogP contribution in [0.5, 0.6) is 5.75 Å². The van der Waals surface area contributed by atoms with E-state index in [1.165, 1.54) is 24.8 Å². The van der Waals surface area contributed by atoms with Crippen molar-refractivity contribution in [1.82, 2.24) is 9.80 Å². The molecule has 0 aromatic heterocycles. The van der Waals surface area contributed by atoms with Crippen LogP contribution in [0.25, 0.3) is 0 Å². The zero-order valence-corrected chi connectivity index (χ0v) is 17.2. The summed E-state index contributed by atoms with van der Waals surface area (Å²) in [6.45, 7) is 7.26. The molecule has 2 unspecified atom stereocenters. The molecule has 5 heteroatoms. The van der Waals surface area contributed by atoms with E-state index in [4.69, 9.17) is 10.5 Å². The van der Waals surface area contributed by atoms with Gasteiger partial charge in [-0.2, -0.15) is 0 Å². The Balaban J connectivity index is 1.26. The normalized spacial score (nSPS) is 30.9. The monoisotopic (exact) mass is 385 g/mol. The Morgan fingerprint density at radius 1 is 1.07 bits per heavy atom. The minimum absolute atomic E-state index is 0.216. The number of ether oxygens (including phenoxy) is 1. The maximum absolute atomic E-state index is 13.1. The molecule has 4 rings (SSSR count). The first-order chi connectivity index (χ1) is 13.6. The number of fused-ring (bicyclic) bond motifs is 2. The van der Waals surface area contributed by atoms with Crippen LogP contribution in [0.15, 0.2) is 24.3 Å². The van der Waals surface area contributed by atoms with Gasteiger partial charge in [-0.15, -0.1) is 0 Å². The van der Waals surface area contributed by atoms with Gasteiger partial charge in [0.25, 0.3) is 0 Å². The Hall–Kier alpha value is -1.59. The van der Waals surface area contributed by atoms with E-state index in [0.29, 0.717) is 30.4 Å². The molecular formula is C23H35N3O2. The highest BCUT2D eigenvalue weighted by Crippen LogP contribution is 2.42. The zero-order chi connectivity index (χ0) is 19.5. The summed E-state index contributed by atoms with van der Waals surface area (Å²) >= 11 is 0. The second kappa shape index (κ2) is 8.83. The van der Waals surface area contributed by atoms with Crippen molar-refractivity contribution >= 4 is 5.91 Å². The molecule has 1 amide bonds. The number of rotatable bonds is 5. The molecule has 2 saturated carbocycles. The Kier molecular flexibility index (Phi) is 6.22. The molecular weight excluding hydrogens is 350 g/mol. The molecule has 1 aliphatic heterocycles. The molecule has 2 atom stereocenters. The van der Waals surface area contributed by atoms with E-state index in [0.717, 1.165) is 51.3 Å². The number of carbonyl (C=O) groups is 1. The van der Waals surface area contributed by atoms with Crippen molar-refractivity contribution in [2.75, 3.05) is 32.8 Å². The number of nitrogens with zero attached hydrogens (tertiary/aromatic N) is 2. The molecule has 2 N–H and O–H groups in total. The summed E-state index contributed by atoms with van der Waals surface area (Å²) in [4.78, 5) is 17.7. The van der Waals surface area contributed by atoms with Crippen molar-refractivity contribution in [3.8, 4) is 5.75 Å². The zero-order valence-electron chi connectivity index (χ0n) is 17.2. The average molecular weight is 386 g/mol. The van der Waals surface area contributed by atoms with Crippen LogP contribution in [0.3, 0.4) is 0 Å². The molecule has 154 valence electrons. The number of carbonyl (C=O) groups excluding carboxylic acids is 1. The van der Waals surface area contributed by atoms with Crippen LogP contribution in [0, 0.1) is 17.8 Å². The largest absolute Gasteiger partial charge is 0.494 e. The van der Waals surface area contributed by atoms with E-state index < -0.39 is 0 Å². The van der Waals surface area contributed by atoms with E-state index in [2.05, 4.69) is 21.9 Å². The van der Waals surface area contributed by atoms with Gasteiger partial charge in [-0.25, -0.2) is 0 Å². The molecule has 1 aromatic carbocycles. The van der Waals surface area contributed by atoms with Gasteiger partial charge in [-0.3, -0.25) is 9.69 Å². The van der Waals surface area contributed by atoms with Gasteiger partial charge < -0.3 is 15.4 Å². The number of benzene rings is 1. The quantitative estimate of drug-likeness (QED) is 0.847. The van der Waals surface area contributed by atoms with E-state index in [1.54, 1.807) is 0 Å². The third kappa shape index (κ3) is 4.36. The van der Waals surface area contributed by atoms with E-state index in [9.17, 15) is 4.79 Å². The lowest BCUT2D eigenvalue weighted by atomic mass is 9.65. The van der Waals surface area contributed by atoms with Gasteiger partial charge in [0.2, 0.25) is 5.91 Å². The first-order valence-corrected chi connectivity index (χ1v) is 11.1. The van der Waals surface area contributed by atoms with Crippen LogP contribution in [0.4, 0.5) is 0 Å². The molecule has 1 aromatic rings. The molecule has 5 nitrogen and oxygen atoms in total. The lowest BCUT2D eigenvalue weighted by molar-refractivity contribution is -0.140. The smallest absolute Gasteiger partial charge is 0.225 e. The van der Waals surface area contributed by atoms with Crippen molar-refractivity contribution < 1.29 is 9.53 Å². The van der Waals surface area contributed by atoms with Crippen molar-refractivity contribution in [3.63, 3.8) is 0 Å². The number of piperazine rings is 1. The highest BCUT2D eigenvalue weighted by Gasteiger charge is 2.41. The fraction of sp³-hybridized carbons (Fsp3) is 0.696. The van der Waals surface area contributed by atoms with Gasteiger partial charge in [0, 0.05) is 44.7 Å². The molecule has 2 bridgehead atoms. The SMILES string of the molecule is CCOc1ccc(CN2CCN(C(=O)C3CC4CCCC(C3)C4N)CC2)cc1.